The van der Waals surface area contributed by atoms with E-state index in [0.29, 0.717) is 6.54 Å². The Bertz CT molecular complexity index is 327. The lowest BCUT2D eigenvalue weighted by molar-refractivity contribution is -0.121. The molecule has 16 heavy (non-hydrogen) atoms. The molecule has 0 aromatic carbocycles. The number of nitrogens with one attached hydrogen (secondary N) is 2. The SMILES string of the molecule is C[C@@H](NC(=O)CNC(C)(C)C)c1cccs1. The van der Waals surface area contributed by atoms with E-state index in [0.717, 1.165) is 0 Å². The Morgan fingerprint density at radius 3 is 2.69 bits per heavy atom. The third-order valence-electron chi connectivity index (χ3n) is 2.13. The quantitative estimate of drug-likeness (QED) is 0.848. The minimum atomic E-state index is -0.0243. The van der Waals surface area contributed by atoms with Crippen LogP contribution in [0.4, 0.5) is 0 Å². The number of carbonyl (C=O) groups excluding carboxylic acids is 1. The Labute approximate surface area is 101 Å². The fourth-order valence-electron chi connectivity index (χ4n) is 1.25. The van der Waals surface area contributed by atoms with E-state index in [4.69, 9.17) is 0 Å². The topological polar surface area (TPSA) is 41.1 Å². The molecule has 0 bridgehead atoms. The molecule has 0 aliphatic carbocycles. The van der Waals surface area contributed by atoms with Gasteiger partial charge < -0.3 is 10.6 Å². The van der Waals surface area contributed by atoms with Gasteiger partial charge in [0.2, 0.25) is 5.91 Å². The highest BCUT2D eigenvalue weighted by Crippen LogP contribution is 2.17. The van der Waals surface area contributed by atoms with E-state index >= 15 is 0 Å². The van der Waals surface area contributed by atoms with Gasteiger partial charge in [0.25, 0.3) is 0 Å². The van der Waals surface area contributed by atoms with Crippen molar-refractivity contribution in [3.05, 3.63) is 22.4 Å². The van der Waals surface area contributed by atoms with Gasteiger partial charge in [-0.05, 0) is 39.1 Å². The number of thiophene rings is 1. The zero-order valence-electron chi connectivity index (χ0n) is 10.3. The molecule has 1 rings (SSSR count). The highest BCUT2D eigenvalue weighted by atomic mass is 32.1. The summed E-state index contributed by atoms with van der Waals surface area (Å²) in [5.74, 6) is 0.0378. The molecule has 1 atom stereocenters. The average Bonchev–Trinajstić information content (AvgIpc) is 2.66. The number of carbonyl (C=O) groups is 1. The molecule has 1 heterocycles. The van der Waals surface area contributed by atoms with Crippen molar-refractivity contribution in [2.24, 2.45) is 0 Å². The maximum atomic E-state index is 11.6. The lowest BCUT2D eigenvalue weighted by Crippen LogP contribution is -2.43. The summed E-state index contributed by atoms with van der Waals surface area (Å²) in [6.07, 6.45) is 0. The Kier molecular flexibility index (Phi) is 4.50. The average molecular weight is 240 g/mol. The fraction of sp³-hybridized carbons (Fsp3) is 0.583. The van der Waals surface area contributed by atoms with E-state index in [1.165, 1.54) is 4.88 Å². The first-order chi connectivity index (χ1) is 7.38. The minimum Gasteiger partial charge on any atom is -0.348 e. The normalized spacial score (nSPS) is 13.5. The van der Waals surface area contributed by atoms with Gasteiger partial charge in [0.15, 0.2) is 0 Å². The second-order valence-electron chi connectivity index (χ2n) is 4.91. The van der Waals surface area contributed by atoms with Gasteiger partial charge in [-0.2, -0.15) is 0 Å². The van der Waals surface area contributed by atoms with Crippen LogP contribution in [0.1, 0.15) is 38.6 Å². The molecular weight excluding hydrogens is 220 g/mol. The van der Waals surface area contributed by atoms with Crippen LogP contribution in [0.3, 0.4) is 0 Å². The molecule has 0 spiro atoms. The first kappa shape index (κ1) is 13.2. The molecule has 0 fully saturated rings. The van der Waals surface area contributed by atoms with Gasteiger partial charge in [-0.15, -0.1) is 11.3 Å². The molecule has 0 saturated carbocycles. The highest BCUT2D eigenvalue weighted by Gasteiger charge is 2.13. The Morgan fingerprint density at radius 1 is 1.50 bits per heavy atom. The standard InChI is InChI=1S/C12H20N2OS/c1-9(10-6-5-7-16-10)14-11(15)8-13-12(2,3)4/h5-7,9,13H,8H2,1-4H3,(H,14,15)/t9-/m1/s1. The number of hydrogen-bond donors (Lipinski definition) is 2. The van der Waals surface area contributed by atoms with Crippen LogP contribution in [0.5, 0.6) is 0 Å². The molecule has 0 radical (unpaired) electrons. The molecule has 4 heteroatoms. The van der Waals surface area contributed by atoms with Crippen LogP contribution in [0.25, 0.3) is 0 Å². The molecule has 1 amide bonds. The summed E-state index contributed by atoms with van der Waals surface area (Å²) in [5.41, 5.74) is -0.0243. The van der Waals surface area contributed by atoms with E-state index < -0.39 is 0 Å². The lowest BCUT2D eigenvalue weighted by Gasteiger charge is -2.21. The molecule has 0 unspecified atom stereocenters. The Balaban J connectivity index is 2.35. The van der Waals surface area contributed by atoms with Gasteiger partial charge in [-0.1, -0.05) is 6.07 Å². The zero-order chi connectivity index (χ0) is 12.2. The lowest BCUT2D eigenvalue weighted by atomic mass is 10.1. The minimum absolute atomic E-state index is 0.0243. The van der Waals surface area contributed by atoms with E-state index in [1.54, 1.807) is 11.3 Å². The van der Waals surface area contributed by atoms with Gasteiger partial charge >= 0.3 is 0 Å². The molecule has 90 valence electrons. The highest BCUT2D eigenvalue weighted by molar-refractivity contribution is 7.10. The van der Waals surface area contributed by atoms with Crippen LogP contribution in [-0.2, 0) is 4.79 Å². The van der Waals surface area contributed by atoms with Crippen LogP contribution >= 0.6 is 11.3 Å². The molecule has 2 N–H and O–H groups in total. The molecule has 0 saturated heterocycles. The predicted molar refractivity (Wildman–Crippen MR) is 68.6 cm³/mol. The Hall–Kier alpha value is -0.870. The second-order valence-corrected chi connectivity index (χ2v) is 5.89. The third kappa shape index (κ3) is 4.77. The molecule has 1 aromatic heterocycles. The Morgan fingerprint density at radius 2 is 2.19 bits per heavy atom. The van der Waals surface area contributed by atoms with Crippen LogP contribution < -0.4 is 10.6 Å². The predicted octanol–water partition coefficient (Wildman–Crippen LogP) is 2.31. The van der Waals surface area contributed by atoms with Crippen molar-refractivity contribution in [1.29, 1.82) is 0 Å². The molecule has 3 nitrogen and oxygen atoms in total. The number of amides is 1. The summed E-state index contributed by atoms with van der Waals surface area (Å²) in [4.78, 5) is 12.8. The van der Waals surface area contributed by atoms with Crippen LogP contribution in [0.2, 0.25) is 0 Å². The monoisotopic (exact) mass is 240 g/mol. The zero-order valence-corrected chi connectivity index (χ0v) is 11.1. The second kappa shape index (κ2) is 5.46. The molecule has 0 aliphatic rings. The van der Waals surface area contributed by atoms with Gasteiger partial charge in [0.05, 0.1) is 12.6 Å². The fourth-order valence-corrected chi connectivity index (χ4v) is 1.98. The van der Waals surface area contributed by atoms with E-state index in [-0.39, 0.29) is 17.5 Å². The summed E-state index contributed by atoms with van der Waals surface area (Å²) in [6.45, 7) is 8.50. The molecule has 0 aliphatic heterocycles. The van der Waals surface area contributed by atoms with Crippen molar-refractivity contribution in [3.8, 4) is 0 Å². The van der Waals surface area contributed by atoms with E-state index in [1.807, 2.05) is 45.2 Å². The summed E-state index contributed by atoms with van der Waals surface area (Å²) < 4.78 is 0. The van der Waals surface area contributed by atoms with Crippen LogP contribution in [-0.4, -0.2) is 18.0 Å². The number of hydrogen-bond acceptors (Lipinski definition) is 3. The first-order valence-electron chi connectivity index (χ1n) is 5.46. The largest absolute Gasteiger partial charge is 0.348 e. The first-order valence-corrected chi connectivity index (χ1v) is 6.34. The van der Waals surface area contributed by atoms with Crippen molar-refractivity contribution in [2.75, 3.05) is 6.54 Å². The van der Waals surface area contributed by atoms with Crippen molar-refractivity contribution >= 4 is 17.2 Å². The van der Waals surface area contributed by atoms with Crippen molar-refractivity contribution < 1.29 is 4.79 Å². The number of rotatable bonds is 4. The van der Waals surface area contributed by atoms with Gasteiger partial charge in [-0.3, -0.25) is 4.79 Å². The summed E-state index contributed by atoms with van der Waals surface area (Å²) in [5, 5.41) is 8.15. The smallest absolute Gasteiger partial charge is 0.234 e. The van der Waals surface area contributed by atoms with Crippen LogP contribution in [0.15, 0.2) is 17.5 Å². The summed E-state index contributed by atoms with van der Waals surface area (Å²) in [6, 6.07) is 4.12. The van der Waals surface area contributed by atoms with Gasteiger partial charge in [0.1, 0.15) is 0 Å². The molecule has 1 aromatic rings. The van der Waals surface area contributed by atoms with Gasteiger partial charge in [-0.25, -0.2) is 0 Å². The van der Waals surface area contributed by atoms with Crippen molar-refractivity contribution in [3.63, 3.8) is 0 Å². The maximum Gasteiger partial charge on any atom is 0.234 e. The van der Waals surface area contributed by atoms with Crippen molar-refractivity contribution in [2.45, 2.75) is 39.3 Å². The van der Waals surface area contributed by atoms with Crippen molar-refractivity contribution in [1.82, 2.24) is 10.6 Å². The van der Waals surface area contributed by atoms with E-state index in [2.05, 4.69) is 10.6 Å². The van der Waals surface area contributed by atoms with Gasteiger partial charge in [0, 0.05) is 10.4 Å². The summed E-state index contributed by atoms with van der Waals surface area (Å²) >= 11 is 1.66. The summed E-state index contributed by atoms with van der Waals surface area (Å²) in [7, 11) is 0. The maximum absolute atomic E-state index is 11.6. The third-order valence-corrected chi connectivity index (χ3v) is 3.18. The van der Waals surface area contributed by atoms with E-state index in [9.17, 15) is 4.79 Å². The van der Waals surface area contributed by atoms with Crippen LogP contribution in [0, 0.1) is 0 Å². The molecular formula is C12H20N2OS.